The van der Waals surface area contributed by atoms with Crippen molar-refractivity contribution in [1.29, 1.82) is 0 Å². The Morgan fingerprint density at radius 1 is 1.55 bits per heavy atom. The fraction of sp³-hybridized carbons (Fsp3) is 0.625. The average molecular weight is 158 g/mol. The van der Waals surface area contributed by atoms with Crippen LogP contribution in [0.2, 0.25) is 0 Å². The molecule has 2 nitrogen and oxygen atoms in total. The van der Waals surface area contributed by atoms with Crippen LogP contribution in [-0.2, 0) is 9.53 Å². The number of hydrogen-bond acceptors (Lipinski definition) is 2. The molecule has 0 aromatic rings. The highest BCUT2D eigenvalue weighted by atomic mass is 19.1. The molecule has 0 bridgehead atoms. The van der Waals surface area contributed by atoms with Crippen molar-refractivity contribution in [3.8, 4) is 0 Å². The number of unbranched alkanes of at least 4 members (excludes halogenated alkanes) is 1. The minimum absolute atomic E-state index is 0.233. The smallest absolute Gasteiger partial charge is 0.334 e. The molecule has 0 saturated carbocycles. The van der Waals surface area contributed by atoms with E-state index in [0.29, 0.717) is 25.0 Å². The highest BCUT2D eigenvalue weighted by molar-refractivity contribution is 5.90. The number of alkyl halides is 1. The standard InChI is InChI=1S/C8H11FO2/c9-5-2-1-3-7-4-6-11-8(7)10/h4H,1-3,5-6H2. The van der Waals surface area contributed by atoms with Gasteiger partial charge in [-0.25, -0.2) is 4.79 Å². The van der Waals surface area contributed by atoms with Crippen LogP contribution < -0.4 is 0 Å². The maximum absolute atomic E-state index is 11.6. The molecule has 0 N–H and O–H groups in total. The summed E-state index contributed by atoms with van der Waals surface area (Å²) in [5, 5.41) is 0. The van der Waals surface area contributed by atoms with Crippen molar-refractivity contribution in [2.24, 2.45) is 0 Å². The first kappa shape index (κ1) is 8.24. The van der Waals surface area contributed by atoms with Crippen molar-refractivity contribution in [2.75, 3.05) is 13.3 Å². The molecule has 0 aromatic heterocycles. The van der Waals surface area contributed by atoms with E-state index in [2.05, 4.69) is 4.74 Å². The number of hydrogen-bond donors (Lipinski definition) is 0. The second-order valence-corrected chi connectivity index (χ2v) is 2.47. The zero-order chi connectivity index (χ0) is 8.10. The number of cyclic esters (lactones) is 1. The fourth-order valence-corrected chi connectivity index (χ4v) is 1.01. The van der Waals surface area contributed by atoms with Gasteiger partial charge in [-0.2, -0.15) is 0 Å². The minimum Gasteiger partial charge on any atom is -0.458 e. The monoisotopic (exact) mass is 158 g/mol. The summed E-state index contributed by atoms with van der Waals surface area (Å²) in [7, 11) is 0. The predicted octanol–water partition coefficient (Wildman–Crippen LogP) is 1.61. The molecule has 3 heteroatoms. The van der Waals surface area contributed by atoms with Gasteiger partial charge in [0.25, 0.3) is 0 Å². The second kappa shape index (κ2) is 4.11. The Kier molecular flexibility index (Phi) is 3.08. The number of halogens is 1. The topological polar surface area (TPSA) is 26.3 Å². The first-order valence-corrected chi connectivity index (χ1v) is 3.76. The van der Waals surface area contributed by atoms with E-state index in [9.17, 15) is 9.18 Å². The molecule has 1 aliphatic rings. The summed E-state index contributed by atoms with van der Waals surface area (Å²) in [4.78, 5) is 10.8. The van der Waals surface area contributed by atoms with E-state index in [-0.39, 0.29) is 12.6 Å². The SMILES string of the molecule is O=C1OCC=C1CCCCF. The van der Waals surface area contributed by atoms with E-state index in [4.69, 9.17) is 0 Å². The highest BCUT2D eigenvalue weighted by Gasteiger charge is 2.15. The molecule has 0 amide bonds. The molecule has 0 spiro atoms. The summed E-state index contributed by atoms with van der Waals surface area (Å²) >= 11 is 0. The third kappa shape index (κ3) is 2.33. The summed E-state index contributed by atoms with van der Waals surface area (Å²) < 4.78 is 16.3. The summed E-state index contributed by atoms with van der Waals surface area (Å²) in [6.45, 7) is 0.0894. The van der Waals surface area contributed by atoms with Gasteiger partial charge in [0.05, 0.1) is 6.67 Å². The maximum Gasteiger partial charge on any atom is 0.334 e. The molecule has 1 heterocycles. The first-order chi connectivity index (χ1) is 5.34. The molecule has 62 valence electrons. The van der Waals surface area contributed by atoms with Gasteiger partial charge >= 0.3 is 5.97 Å². The van der Waals surface area contributed by atoms with E-state index in [0.717, 1.165) is 6.42 Å². The zero-order valence-electron chi connectivity index (χ0n) is 6.31. The Hall–Kier alpha value is -0.860. The van der Waals surface area contributed by atoms with Crippen LogP contribution in [0.3, 0.4) is 0 Å². The van der Waals surface area contributed by atoms with Gasteiger partial charge in [-0.05, 0) is 25.3 Å². The average Bonchev–Trinajstić information content (AvgIpc) is 2.37. The van der Waals surface area contributed by atoms with Crippen LogP contribution in [0.25, 0.3) is 0 Å². The summed E-state index contributed by atoms with van der Waals surface area (Å²) in [6, 6.07) is 0. The lowest BCUT2D eigenvalue weighted by atomic mass is 10.1. The van der Waals surface area contributed by atoms with Crippen molar-refractivity contribution in [3.05, 3.63) is 11.6 Å². The molecular formula is C8H11FO2. The van der Waals surface area contributed by atoms with Crippen molar-refractivity contribution < 1.29 is 13.9 Å². The Bertz CT molecular complexity index is 175. The van der Waals surface area contributed by atoms with Gasteiger partial charge in [0.15, 0.2) is 0 Å². The van der Waals surface area contributed by atoms with E-state index < -0.39 is 0 Å². The molecule has 0 atom stereocenters. The van der Waals surface area contributed by atoms with Gasteiger partial charge in [-0.15, -0.1) is 0 Å². The predicted molar refractivity (Wildman–Crippen MR) is 38.9 cm³/mol. The second-order valence-electron chi connectivity index (χ2n) is 2.47. The van der Waals surface area contributed by atoms with E-state index in [1.165, 1.54) is 0 Å². The van der Waals surface area contributed by atoms with Crippen LogP contribution in [0, 0.1) is 0 Å². The van der Waals surface area contributed by atoms with Crippen molar-refractivity contribution in [2.45, 2.75) is 19.3 Å². The lowest BCUT2D eigenvalue weighted by molar-refractivity contribution is -0.136. The first-order valence-electron chi connectivity index (χ1n) is 3.76. The van der Waals surface area contributed by atoms with Gasteiger partial charge in [-0.3, -0.25) is 4.39 Å². The van der Waals surface area contributed by atoms with Crippen molar-refractivity contribution in [1.82, 2.24) is 0 Å². The lowest BCUT2D eigenvalue weighted by Gasteiger charge is -1.96. The van der Waals surface area contributed by atoms with Gasteiger partial charge in [-0.1, -0.05) is 0 Å². The van der Waals surface area contributed by atoms with Gasteiger partial charge in [0, 0.05) is 5.57 Å². The van der Waals surface area contributed by atoms with E-state index >= 15 is 0 Å². The molecule has 0 unspecified atom stereocenters. The van der Waals surface area contributed by atoms with E-state index in [1.807, 2.05) is 0 Å². The molecular weight excluding hydrogens is 147 g/mol. The summed E-state index contributed by atoms with van der Waals surface area (Å²) in [6.07, 6.45) is 3.69. The number of ether oxygens (including phenoxy) is 1. The third-order valence-electron chi connectivity index (χ3n) is 1.64. The van der Waals surface area contributed by atoms with E-state index in [1.54, 1.807) is 6.08 Å². The Balaban J connectivity index is 2.20. The number of carbonyl (C=O) groups is 1. The number of rotatable bonds is 4. The Labute approximate surface area is 65.0 Å². The van der Waals surface area contributed by atoms with Gasteiger partial charge in [0.1, 0.15) is 6.61 Å². The van der Waals surface area contributed by atoms with Crippen molar-refractivity contribution >= 4 is 5.97 Å². The molecule has 0 aliphatic carbocycles. The van der Waals surface area contributed by atoms with Crippen molar-refractivity contribution in [3.63, 3.8) is 0 Å². The number of carbonyl (C=O) groups excluding carboxylic acids is 1. The van der Waals surface area contributed by atoms with Gasteiger partial charge < -0.3 is 4.74 Å². The van der Waals surface area contributed by atoms with Crippen LogP contribution >= 0.6 is 0 Å². The van der Waals surface area contributed by atoms with Crippen LogP contribution in [0.4, 0.5) is 4.39 Å². The van der Waals surface area contributed by atoms with Gasteiger partial charge in [0.2, 0.25) is 0 Å². The van der Waals surface area contributed by atoms with Crippen LogP contribution in [0.5, 0.6) is 0 Å². The highest BCUT2D eigenvalue weighted by Crippen LogP contribution is 2.13. The quantitative estimate of drug-likeness (QED) is 0.459. The summed E-state index contributed by atoms with van der Waals surface area (Å²) in [5.41, 5.74) is 0.707. The largest absolute Gasteiger partial charge is 0.458 e. The Morgan fingerprint density at radius 2 is 2.36 bits per heavy atom. The van der Waals surface area contributed by atoms with Crippen LogP contribution in [-0.4, -0.2) is 19.3 Å². The molecule has 11 heavy (non-hydrogen) atoms. The maximum atomic E-state index is 11.6. The van der Waals surface area contributed by atoms with Crippen LogP contribution in [0.1, 0.15) is 19.3 Å². The normalized spacial score (nSPS) is 16.5. The third-order valence-corrected chi connectivity index (χ3v) is 1.64. The zero-order valence-corrected chi connectivity index (χ0v) is 6.31. The molecule has 0 aromatic carbocycles. The fourth-order valence-electron chi connectivity index (χ4n) is 1.01. The molecule has 1 aliphatic heterocycles. The summed E-state index contributed by atoms with van der Waals surface area (Å²) in [5.74, 6) is -0.233. The molecule has 0 fully saturated rings. The minimum atomic E-state index is -0.303. The molecule has 0 radical (unpaired) electrons. The lowest BCUT2D eigenvalue weighted by Crippen LogP contribution is -1.99. The Morgan fingerprint density at radius 3 is 2.91 bits per heavy atom. The molecule has 0 saturated heterocycles. The molecule has 1 rings (SSSR count). The van der Waals surface area contributed by atoms with Crippen LogP contribution in [0.15, 0.2) is 11.6 Å². The number of esters is 1.